The zero-order valence-corrected chi connectivity index (χ0v) is 11.8. The van der Waals surface area contributed by atoms with Crippen LogP contribution in [0.2, 0.25) is 0 Å². The highest BCUT2D eigenvalue weighted by Gasteiger charge is 2.17. The number of pyridine rings is 1. The zero-order chi connectivity index (χ0) is 12.9. The van der Waals surface area contributed by atoms with E-state index in [9.17, 15) is 0 Å². The molecule has 0 radical (unpaired) electrons. The van der Waals surface area contributed by atoms with Crippen molar-refractivity contribution in [2.45, 2.75) is 20.8 Å². The van der Waals surface area contributed by atoms with Gasteiger partial charge in [0.05, 0.1) is 0 Å². The number of aromatic nitrogens is 1. The van der Waals surface area contributed by atoms with Crippen LogP contribution in [0.15, 0.2) is 24.4 Å². The Kier molecular flexibility index (Phi) is 4.94. The van der Waals surface area contributed by atoms with Gasteiger partial charge in [-0.2, -0.15) is 0 Å². The van der Waals surface area contributed by atoms with Gasteiger partial charge < -0.3 is 9.80 Å². The highest BCUT2D eigenvalue weighted by Crippen LogP contribution is 2.19. The van der Waals surface area contributed by atoms with Gasteiger partial charge in [-0.25, -0.2) is 4.98 Å². The van der Waals surface area contributed by atoms with Gasteiger partial charge in [-0.1, -0.05) is 26.8 Å². The lowest BCUT2D eigenvalue weighted by Crippen LogP contribution is -2.38. The molecule has 0 atom stereocenters. The molecule has 0 spiro atoms. The second-order valence-corrected chi connectivity index (χ2v) is 5.97. The Bertz CT molecular complexity index is 314. The van der Waals surface area contributed by atoms with Crippen LogP contribution in [0, 0.1) is 5.41 Å². The Balaban J connectivity index is 2.72. The predicted octanol–water partition coefficient (Wildman–Crippen LogP) is 2.50. The fraction of sp³-hybridized carbons (Fsp3) is 0.643. The van der Waals surface area contributed by atoms with Crippen LogP contribution in [0.4, 0.5) is 5.82 Å². The van der Waals surface area contributed by atoms with E-state index in [1.165, 1.54) is 0 Å². The number of rotatable bonds is 5. The van der Waals surface area contributed by atoms with Gasteiger partial charge in [-0.05, 0) is 31.6 Å². The minimum absolute atomic E-state index is 0.282. The zero-order valence-electron chi connectivity index (χ0n) is 11.8. The number of anilines is 1. The molecule has 3 heteroatoms. The normalized spacial score (nSPS) is 11.9. The van der Waals surface area contributed by atoms with Crippen LogP contribution in [0.5, 0.6) is 0 Å². The lowest BCUT2D eigenvalue weighted by molar-refractivity contribution is 0.376. The number of hydrogen-bond donors (Lipinski definition) is 0. The van der Waals surface area contributed by atoms with Crippen molar-refractivity contribution in [1.82, 2.24) is 9.88 Å². The molecule has 96 valence electrons. The summed E-state index contributed by atoms with van der Waals surface area (Å²) in [6, 6.07) is 6.10. The van der Waals surface area contributed by atoms with E-state index in [0.717, 1.165) is 25.5 Å². The molecule has 3 nitrogen and oxygen atoms in total. The first-order valence-electron chi connectivity index (χ1n) is 6.19. The summed E-state index contributed by atoms with van der Waals surface area (Å²) in [5.74, 6) is 1.07. The molecular weight excluding hydrogens is 210 g/mol. The SMILES string of the molecule is CN(C)CCN(CC(C)(C)C)c1ccccn1. The quantitative estimate of drug-likeness (QED) is 0.781. The molecule has 1 aromatic heterocycles. The maximum Gasteiger partial charge on any atom is 0.128 e. The van der Waals surface area contributed by atoms with Crippen LogP contribution in [-0.2, 0) is 0 Å². The van der Waals surface area contributed by atoms with Crippen LogP contribution in [0.1, 0.15) is 20.8 Å². The van der Waals surface area contributed by atoms with E-state index in [2.05, 4.69) is 55.7 Å². The fourth-order valence-corrected chi connectivity index (χ4v) is 1.71. The first-order chi connectivity index (χ1) is 7.88. The van der Waals surface area contributed by atoms with Crippen molar-refractivity contribution in [2.75, 3.05) is 38.6 Å². The summed E-state index contributed by atoms with van der Waals surface area (Å²) < 4.78 is 0. The summed E-state index contributed by atoms with van der Waals surface area (Å²) >= 11 is 0. The van der Waals surface area contributed by atoms with Crippen molar-refractivity contribution in [3.05, 3.63) is 24.4 Å². The Morgan fingerprint density at radius 2 is 1.82 bits per heavy atom. The van der Waals surface area contributed by atoms with Crippen molar-refractivity contribution in [1.29, 1.82) is 0 Å². The number of likely N-dealkylation sites (N-methyl/N-ethyl adjacent to an activating group) is 1. The van der Waals surface area contributed by atoms with E-state index < -0.39 is 0 Å². The highest BCUT2D eigenvalue weighted by atomic mass is 15.2. The van der Waals surface area contributed by atoms with E-state index >= 15 is 0 Å². The molecule has 17 heavy (non-hydrogen) atoms. The van der Waals surface area contributed by atoms with E-state index in [4.69, 9.17) is 0 Å². The van der Waals surface area contributed by atoms with Gasteiger partial charge in [0.2, 0.25) is 0 Å². The van der Waals surface area contributed by atoms with Gasteiger partial charge >= 0.3 is 0 Å². The van der Waals surface area contributed by atoms with Gasteiger partial charge in [0, 0.05) is 25.8 Å². The van der Waals surface area contributed by atoms with E-state index in [1.807, 2.05) is 18.3 Å². The lowest BCUT2D eigenvalue weighted by Gasteiger charge is -2.31. The second kappa shape index (κ2) is 6.01. The van der Waals surface area contributed by atoms with Crippen molar-refractivity contribution in [3.63, 3.8) is 0 Å². The van der Waals surface area contributed by atoms with Gasteiger partial charge in [-0.15, -0.1) is 0 Å². The maximum atomic E-state index is 4.45. The standard InChI is InChI=1S/C14H25N3/c1-14(2,3)12-17(11-10-16(4)5)13-8-6-7-9-15-13/h6-9H,10-12H2,1-5H3. The fourth-order valence-electron chi connectivity index (χ4n) is 1.71. The monoisotopic (exact) mass is 235 g/mol. The molecule has 0 saturated heterocycles. The molecule has 0 bridgehead atoms. The van der Waals surface area contributed by atoms with Crippen molar-refractivity contribution >= 4 is 5.82 Å². The summed E-state index contributed by atoms with van der Waals surface area (Å²) in [6.45, 7) is 9.88. The average Bonchev–Trinajstić information content (AvgIpc) is 2.24. The molecule has 1 aromatic rings. The third-order valence-electron chi connectivity index (χ3n) is 2.46. The van der Waals surface area contributed by atoms with Crippen LogP contribution < -0.4 is 4.90 Å². The van der Waals surface area contributed by atoms with Crippen LogP contribution in [0.3, 0.4) is 0 Å². The molecule has 0 unspecified atom stereocenters. The number of hydrogen-bond acceptors (Lipinski definition) is 3. The lowest BCUT2D eigenvalue weighted by atomic mass is 9.96. The van der Waals surface area contributed by atoms with E-state index in [1.54, 1.807) is 0 Å². The summed E-state index contributed by atoms with van der Waals surface area (Å²) in [6.07, 6.45) is 1.86. The first kappa shape index (κ1) is 14.0. The van der Waals surface area contributed by atoms with Gasteiger partial charge in [-0.3, -0.25) is 0 Å². The van der Waals surface area contributed by atoms with E-state index in [0.29, 0.717) is 0 Å². The average molecular weight is 235 g/mol. The molecule has 0 aliphatic rings. The number of nitrogens with zero attached hydrogens (tertiary/aromatic N) is 3. The summed E-state index contributed by atoms with van der Waals surface area (Å²) in [7, 11) is 4.21. The maximum absolute atomic E-state index is 4.45. The first-order valence-corrected chi connectivity index (χ1v) is 6.19. The topological polar surface area (TPSA) is 19.4 Å². The van der Waals surface area contributed by atoms with E-state index in [-0.39, 0.29) is 5.41 Å². The third kappa shape index (κ3) is 5.68. The molecule has 0 saturated carbocycles. The largest absolute Gasteiger partial charge is 0.355 e. The molecule has 0 aliphatic carbocycles. The predicted molar refractivity (Wildman–Crippen MR) is 74.5 cm³/mol. The van der Waals surface area contributed by atoms with Crippen molar-refractivity contribution in [2.24, 2.45) is 5.41 Å². The summed E-state index contributed by atoms with van der Waals surface area (Å²) in [5, 5.41) is 0. The van der Waals surface area contributed by atoms with Gasteiger partial charge in [0.25, 0.3) is 0 Å². The van der Waals surface area contributed by atoms with Crippen LogP contribution >= 0.6 is 0 Å². The molecule has 0 N–H and O–H groups in total. The third-order valence-corrected chi connectivity index (χ3v) is 2.46. The summed E-state index contributed by atoms with van der Waals surface area (Å²) in [4.78, 5) is 9.02. The van der Waals surface area contributed by atoms with Gasteiger partial charge in [0.1, 0.15) is 5.82 Å². The molecule has 0 aliphatic heterocycles. The minimum Gasteiger partial charge on any atom is -0.355 e. The highest BCUT2D eigenvalue weighted by molar-refractivity contribution is 5.37. The van der Waals surface area contributed by atoms with Crippen molar-refractivity contribution in [3.8, 4) is 0 Å². The minimum atomic E-state index is 0.282. The molecule has 0 fully saturated rings. The van der Waals surface area contributed by atoms with Gasteiger partial charge in [0.15, 0.2) is 0 Å². The second-order valence-electron chi connectivity index (χ2n) is 5.97. The Hall–Kier alpha value is -1.09. The molecule has 0 amide bonds. The Labute approximate surface area is 105 Å². The Morgan fingerprint density at radius 1 is 1.12 bits per heavy atom. The molecule has 0 aromatic carbocycles. The Morgan fingerprint density at radius 3 is 2.29 bits per heavy atom. The smallest absolute Gasteiger partial charge is 0.128 e. The molecule has 1 rings (SSSR count). The van der Waals surface area contributed by atoms with Crippen LogP contribution in [0.25, 0.3) is 0 Å². The van der Waals surface area contributed by atoms with Crippen molar-refractivity contribution < 1.29 is 0 Å². The van der Waals surface area contributed by atoms with Crippen LogP contribution in [-0.4, -0.2) is 43.6 Å². The molecular formula is C14H25N3. The summed E-state index contributed by atoms with van der Waals surface area (Å²) in [5.41, 5.74) is 0.282. The molecule has 1 heterocycles.